The Hall–Kier alpha value is -1.97. The maximum atomic E-state index is 13.6. The highest BCUT2D eigenvalue weighted by Gasteiger charge is 2.45. The average Bonchev–Trinajstić information content (AvgIpc) is 3.07. The summed E-state index contributed by atoms with van der Waals surface area (Å²) in [5, 5.41) is 10.5. The van der Waals surface area contributed by atoms with E-state index in [0.29, 0.717) is 8.95 Å². The summed E-state index contributed by atoms with van der Waals surface area (Å²) in [5.74, 6) is -1.11. The smallest absolute Gasteiger partial charge is 0.264 e. The second kappa shape index (κ2) is 10.1. The molecule has 0 radical (unpaired) electrons. The fourth-order valence-electron chi connectivity index (χ4n) is 3.77. The molecule has 0 aromatic heterocycles. The van der Waals surface area contributed by atoms with E-state index in [2.05, 4.69) is 36.6 Å². The lowest BCUT2D eigenvalue weighted by Crippen LogP contribution is -2.47. The summed E-state index contributed by atoms with van der Waals surface area (Å²) in [5.41, 5.74) is 0.243. The predicted molar refractivity (Wildman–Crippen MR) is 144 cm³/mol. The number of aliphatic hydroxyl groups is 1. The van der Waals surface area contributed by atoms with Crippen LogP contribution in [-0.2, 0) is 29.9 Å². The Morgan fingerprint density at radius 2 is 1.28 bits per heavy atom. The van der Waals surface area contributed by atoms with Crippen molar-refractivity contribution in [3.05, 3.63) is 81.7 Å². The molecule has 3 aromatic rings. The van der Waals surface area contributed by atoms with Crippen LogP contribution in [0.15, 0.2) is 91.5 Å². The number of hydrogen-bond donors (Lipinski definition) is 2. The van der Waals surface area contributed by atoms with Gasteiger partial charge in [-0.2, -0.15) is 0 Å². The number of sulfone groups is 1. The lowest BCUT2D eigenvalue weighted by molar-refractivity contribution is 0.184. The first-order chi connectivity index (χ1) is 16.8. The summed E-state index contributed by atoms with van der Waals surface area (Å²) in [6.45, 7) is 0. The molecule has 0 bridgehead atoms. The van der Waals surface area contributed by atoms with E-state index in [-0.39, 0.29) is 21.2 Å². The lowest BCUT2D eigenvalue weighted by atomic mass is 10.2. The van der Waals surface area contributed by atoms with Gasteiger partial charge in [-0.05, 0) is 72.8 Å². The quantitative estimate of drug-likeness (QED) is 0.391. The highest BCUT2D eigenvalue weighted by atomic mass is 79.9. The van der Waals surface area contributed by atoms with Crippen LogP contribution in [0.2, 0.25) is 0 Å². The Balaban J connectivity index is 1.71. The number of sulfonamides is 2. The van der Waals surface area contributed by atoms with E-state index < -0.39 is 53.5 Å². The molecule has 36 heavy (non-hydrogen) atoms. The Morgan fingerprint density at radius 1 is 0.778 bits per heavy atom. The summed E-state index contributed by atoms with van der Waals surface area (Å²) < 4.78 is 81.7. The summed E-state index contributed by atoms with van der Waals surface area (Å²) in [4.78, 5) is -0.0595. The van der Waals surface area contributed by atoms with Crippen molar-refractivity contribution in [2.45, 2.75) is 21.9 Å². The average molecular weight is 680 g/mol. The van der Waals surface area contributed by atoms with Crippen LogP contribution >= 0.6 is 31.9 Å². The van der Waals surface area contributed by atoms with Crippen molar-refractivity contribution in [3.8, 4) is 0 Å². The molecule has 0 spiro atoms. The van der Waals surface area contributed by atoms with E-state index in [4.69, 9.17) is 0 Å². The van der Waals surface area contributed by atoms with Crippen molar-refractivity contribution in [1.82, 2.24) is 0 Å². The number of rotatable bonds is 7. The topological polar surface area (TPSA) is 138 Å². The van der Waals surface area contributed by atoms with E-state index in [9.17, 15) is 30.4 Å². The van der Waals surface area contributed by atoms with Gasteiger partial charge in [0.25, 0.3) is 20.0 Å². The number of aliphatic hydroxyl groups excluding tert-OH is 1. The van der Waals surface area contributed by atoms with Gasteiger partial charge in [-0.1, -0.05) is 31.9 Å². The Kier molecular flexibility index (Phi) is 7.57. The molecular formula is C22H20Br2N2O7S3. The van der Waals surface area contributed by atoms with Crippen LogP contribution < -0.4 is 9.03 Å². The van der Waals surface area contributed by atoms with E-state index in [1.807, 2.05) is 0 Å². The molecule has 9 nitrogen and oxygen atoms in total. The highest BCUT2D eigenvalue weighted by molar-refractivity contribution is 9.10. The minimum Gasteiger partial charge on any atom is -0.390 e. The van der Waals surface area contributed by atoms with Crippen molar-refractivity contribution in [2.24, 2.45) is 0 Å². The first-order valence-corrected chi connectivity index (χ1v) is 16.7. The van der Waals surface area contributed by atoms with Gasteiger partial charge in [-0.3, -0.25) is 9.03 Å². The number of halogens is 2. The molecule has 2 N–H and O–H groups in total. The second-order valence-electron chi connectivity index (χ2n) is 8.07. The van der Waals surface area contributed by atoms with Crippen molar-refractivity contribution in [2.75, 3.05) is 20.5 Å². The van der Waals surface area contributed by atoms with Crippen LogP contribution in [0.3, 0.4) is 0 Å². The number of anilines is 2. The van der Waals surface area contributed by atoms with Crippen LogP contribution in [0.4, 0.5) is 11.4 Å². The maximum Gasteiger partial charge on any atom is 0.264 e. The minimum atomic E-state index is -4.29. The zero-order valence-corrected chi connectivity index (χ0v) is 23.9. The standard InChI is InChI=1S/C22H20Br2N2O7S3/c23-15-1-9-19(10-2-15)35(30,31)25-17-5-7-18(8-6-17)26(21-13-34(28,29)14-22(21)27)36(32,33)20-11-3-16(24)4-12-20/h1-12,21-22,25,27H,13-14H2/t21-,22+/m1/s1. The molecular weight excluding hydrogens is 660 g/mol. The third kappa shape index (κ3) is 5.78. The van der Waals surface area contributed by atoms with Gasteiger partial charge in [0.1, 0.15) is 0 Å². The van der Waals surface area contributed by atoms with Crippen molar-refractivity contribution in [1.29, 1.82) is 0 Å². The van der Waals surface area contributed by atoms with Crippen LogP contribution in [0, 0.1) is 0 Å². The summed E-state index contributed by atoms with van der Waals surface area (Å²) in [7, 11) is -11.9. The van der Waals surface area contributed by atoms with Crippen LogP contribution in [-0.4, -0.2) is 54.0 Å². The molecule has 3 aromatic carbocycles. The van der Waals surface area contributed by atoms with E-state index in [0.717, 1.165) is 4.31 Å². The molecule has 0 unspecified atom stereocenters. The minimum absolute atomic E-state index is 0.0357. The van der Waals surface area contributed by atoms with Gasteiger partial charge in [0.15, 0.2) is 9.84 Å². The largest absolute Gasteiger partial charge is 0.390 e. The highest BCUT2D eigenvalue weighted by Crippen LogP contribution is 2.32. The zero-order chi connectivity index (χ0) is 26.3. The number of hydrogen-bond acceptors (Lipinski definition) is 7. The second-order valence-corrected chi connectivity index (χ2v) is 15.6. The summed E-state index contributed by atoms with van der Waals surface area (Å²) in [6.07, 6.45) is -1.43. The summed E-state index contributed by atoms with van der Waals surface area (Å²) in [6, 6.07) is 16.0. The SMILES string of the molecule is O=S1(=O)C[C@@H](N(c2ccc(NS(=O)(=O)c3ccc(Br)cc3)cc2)S(=O)(=O)c2ccc(Br)cc2)[C@@H](O)C1. The van der Waals surface area contributed by atoms with E-state index >= 15 is 0 Å². The van der Waals surface area contributed by atoms with Gasteiger partial charge < -0.3 is 5.11 Å². The molecule has 0 amide bonds. The fraction of sp³-hybridized carbons (Fsp3) is 0.182. The van der Waals surface area contributed by atoms with Gasteiger partial charge in [-0.25, -0.2) is 25.3 Å². The molecule has 14 heteroatoms. The molecule has 0 saturated carbocycles. The van der Waals surface area contributed by atoms with Gasteiger partial charge in [-0.15, -0.1) is 0 Å². The van der Waals surface area contributed by atoms with Crippen molar-refractivity contribution in [3.63, 3.8) is 0 Å². The predicted octanol–water partition coefficient (Wildman–Crippen LogP) is 3.37. The third-order valence-corrected chi connectivity index (χ3v) is 11.5. The zero-order valence-electron chi connectivity index (χ0n) is 18.3. The third-order valence-electron chi connectivity index (χ3n) is 5.46. The van der Waals surface area contributed by atoms with Crippen molar-refractivity contribution < 1.29 is 30.4 Å². The fourth-order valence-corrected chi connectivity index (χ4v) is 8.90. The van der Waals surface area contributed by atoms with Gasteiger partial charge >= 0.3 is 0 Å². The monoisotopic (exact) mass is 678 g/mol. The first-order valence-electron chi connectivity index (χ1n) is 10.4. The molecule has 1 aliphatic heterocycles. The van der Waals surface area contributed by atoms with E-state index in [1.54, 1.807) is 12.1 Å². The molecule has 1 fully saturated rings. The first kappa shape index (κ1) is 27.1. The maximum absolute atomic E-state index is 13.6. The van der Waals surface area contributed by atoms with Crippen LogP contribution in [0.1, 0.15) is 0 Å². The molecule has 2 atom stereocenters. The van der Waals surface area contributed by atoms with Gasteiger partial charge in [0.05, 0.1) is 39.1 Å². The number of nitrogens with zero attached hydrogens (tertiary/aromatic N) is 1. The normalized spacial score (nSPS) is 19.6. The van der Waals surface area contributed by atoms with Crippen LogP contribution in [0.25, 0.3) is 0 Å². The van der Waals surface area contributed by atoms with Gasteiger partial charge in [0.2, 0.25) is 0 Å². The summed E-state index contributed by atoms with van der Waals surface area (Å²) >= 11 is 6.50. The van der Waals surface area contributed by atoms with Crippen LogP contribution in [0.5, 0.6) is 0 Å². The lowest BCUT2D eigenvalue weighted by Gasteiger charge is -2.31. The number of nitrogens with one attached hydrogen (secondary N) is 1. The Morgan fingerprint density at radius 3 is 1.75 bits per heavy atom. The van der Waals surface area contributed by atoms with Crippen molar-refractivity contribution >= 4 is 73.1 Å². The van der Waals surface area contributed by atoms with Gasteiger partial charge in [0, 0.05) is 14.6 Å². The molecule has 192 valence electrons. The molecule has 1 heterocycles. The molecule has 1 aliphatic rings. The van der Waals surface area contributed by atoms with E-state index in [1.165, 1.54) is 60.7 Å². The molecule has 1 saturated heterocycles. The molecule has 4 rings (SSSR count). The Labute approximate surface area is 226 Å². The molecule has 0 aliphatic carbocycles. The Bertz CT molecular complexity index is 1580. The number of benzene rings is 3.